The van der Waals surface area contributed by atoms with Gasteiger partial charge in [-0.05, 0) is 25.9 Å². The van der Waals surface area contributed by atoms with E-state index in [-0.39, 0.29) is 12.6 Å². The molecular formula is C8H16N2O3. The molecule has 0 bridgehead atoms. The number of hydrogen-bond acceptors (Lipinski definition) is 4. The fraction of sp³-hybridized carbons (Fsp3) is 0.875. The molecule has 0 aromatic heterocycles. The zero-order valence-corrected chi connectivity index (χ0v) is 7.52. The van der Waals surface area contributed by atoms with Gasteiger partial charge in [0.25, 0.3) is 0 Å². The normalized spacial score (nSPS) is 22.9. The van der Waals surface area contributed by atoms with E-state index >= 15 is 0 Å². The summed E-state index contributed by atoms with van der Waals surface area (Å²) in [4.78, 5) is 12.3. The Kier molecular flexibility index (Phi) is 3.65. The molecule has 5 heteroatoms. The van der Waals surface area contributed by atoms with E-state index in [1.165, 1.54) is 0 Å². The van der Waals surface area contributed by atoms with Gasteiger partial charge in [0.1, 0.15) is 0 Å². The number of piperidine rings is 1. The van der Waals surface area contributed by atoms with Gasteiger partial charge in [0.05, 0.1) is 0 Å². The summed E-state index contributed by atoms with van der Waals surface area (Å²) in [6.07, 6.45) is 0.493. The predicted octanol–water partition coefficient (Wildman–Crippen LogP) is -1.14. The van der Waals surface area contributed by atoms with Gasteiger partial charge in [-0.3, -0.25) is 0 Å². The molecule has 5 nitrogen and oxygen atoms in total. The molecule has 76 valence electrons. The van der Waals surface area contributed by atoms with Gasteiger partial charge in [0.2, 0.25) is 0 Å². The van der Waals surface area contributed by atoms with Crippen LogP contribution in [-0.2, 0) is 4.79 Å². The summed E-state index contributed by atoms with van der Waals surface area (Å²) in [6, 6.07) is 0.234. The molecular weight excluding hydrogens is 172 g/mol. The molecule has 0 aromatic carbocycles. The maximum absolute atomic E-state index is 10.3. The fourth-order valence-electron chi connectivity index (χ4n) is 1.46. The van der Waals surface area contributed by atoms with Crippen molar-refractivity contribution >= 4 is 5.97 Å². The average Bonchev–Trinajstić information content (AvgIpc) is 2.08. The molecule has 0 aromatic rings. The van der Waals surface area contributed by atoms with E-state index in [2.05, 4.69) is 0 Å². The number of nitrogens with zero attached hydrogens (tertiary/aromatic N) is 1. The molecule has 0 spiro atoms. The molecule has 0 aliphatic carbocycles. The second-order valence-electron chi connectivity index (χ2n) is 3.49. The van der Waals surface area contributed by atoms with E-state index in [0.29, 0.717) is 0 Å². The number of hydrogen-bond donors (Lipinski definition) is 3. The van der Waals surface area contributed by atoms with Crippen molar-refractivity contribution in [3.63, 3.8) is 0 Å². The molecule has 1 saturated heterocycles. The van der Waals surface area contributed by atoms with Gasteiger partial charge in [-0.1, -0.05) is 0 Å². The van der Waals surface area contributed by atoms with Crippen LogP contribution in [0.1, 0.15) is 12.8 Å². The first-order chi connectivity index (χ1) is 6.09. The van der Waals surface area contributed by atoms with Crippen molar-refractivity contribution in [2.45, 2.75) is 25.0 Å². The van der Waals surface area contributed by atoms with Gasteiger partial charge in [0.15, 0.2) is 6.10 Å². The first-order valence-electron chi connectivity index (χ1n) is 4.48. The fourth-order valence-corrected chi connectivity index (χ4v) is 1.46. The van der Waals surface area contributed by atoms with E-state index in [9.17, 15) is 4.79 Å². The first kappa shape index (κ1) is 10.4. The summed E-state index contributed by atoms with van der Waals surface area (Å²) in [7, 11) is 0. The van der Waals surface area contributed by atoms with Crippen LogP contribution in [0.2, 0.25) is 0 Å². The molecule has 1 aliphatic rings. The summed E-state index contributed by atoms with van der Waals surface area (Å²) in [5.41, 5.74) is 5.68. The van der Waals surface area contributed by atoms with Gasteiger partial charge in [-0.2, -0.15) is 0 Å². The Balaban J connectivity index is 2.26. The summed E-state index contributed by atoms with van der Waals surface area (Å²) >= 11 is 0. The lowest BCUT2D eigenvalue weighted by atomic mass is 10.1. The topological polar surface area (TPSA) is 86.8 Å². The summed E-state index contributed by atoms with van der Waals surface area (Å²) in [5, 5.41) is 17.5. The molecule has 1 unspecified atom stereocenters. The van der Waals surface area contributed by atoms with E-state index in [4.69, 9.17) is 15.9 Å². The van der Waals surface area contributed by atoms with Gasteiger partial charge < -0.3 is 20.8 Å². The van der Waals surface area contributed by atoms with Gasteiger partial charge in [0, 0.05) is 12.6 Å². The Morgan fingerprint density at radius 1 is 1.54 bits per heavy atom. The van der Waals surface area contributed by atoms with Crippen molar-refractivity contribution in [2.24, 2.45) is 5.73 Å². The van der Waals surface area contributed by atoms with Crippen molar-refractivity contribution < 1.29 is 15.0 Å². The number of carboxylic acids is 1. The highest BCUT2D eigenvalue weighted by Gasteiger charge is 2.21. The van der Waals surface area contributed by atoms with Crippen LogP contribution < -0.4 is 5.73 Å². The molecule has 13 heavy (non-hydrogen) atoms. The second kappa shape index (κ2) is 4.55. The number of aliphatic hydroxyl groups is 1. The number of likely N-dealkylation sites (tertiary alicyclic amines) is 1. The maximum atomic E-state index is 10.3. The lowest BCUT2D eigenvalue weighted by molar-refractivity contribution is -0.147. The number of nitrogens with two attached hydrogens (primary N) is 1. The summed E-state index contributed by atoms with van der Waals surface area (Å²) in [6.45, 7) is 1.78. The minimum atomic E-state index is -1.27. The number of aliphatic hydroxyl groups excluding tert-OH is 1. The lowest BCUT2D eigenvalue weighted by Crippen LogP contribution is -2.44. The van der Waals surface area contributed by atoms with Crippen molar-refractivity contribution in [1.82, 2.24) is 4.90 Å². The molecule has 4 N–H and O–H groups in total. The number of rotatable bonds is 3. The molecule has 1 aliphatic heterocycles. The molecule has 0 saturated carbocycles. The Hall–Kier alpha value is -0.650. The zero-order chi connectivity index (χ0) is 9.84. The Morgan fingerprint density at radius 3 is 2.54 bits per heavy atom. The SMILES string of the molecule is NC1CCN(CC(O)C(=O)O)CC1. The van der Waals surface area contributed by atoms with Crippen LogP contribution in [0.4, 0.5) is 0 Å². The van der Waals surface area contributed by atoms with Crippen molar-refractivity contribution in [2.75, 3.05) is 19.6 Å². The maximum Gasteiger partial charge on any atom is 0.333 e. The Bertz CT molecular complexity index is 178. The Labute approximate surface area is 77.1 Å². The van der Waals surface area contributed by atoms with Crippen molar-refractivity contribution in [1.29, 1.82) is 0 Å². The molecule has 1 heterocycles. The Morgan fingerprint density at radius 2 is 2.08 bits per heavy atom. The third-order valence-corrected chi connectivity index (χ3v) is 2.35. The standard InChI is InChI=1S/C8H16N2O3/c9-6-1-3-10(4-2-6)5-7(11)8(12)13/h6-7,11H,1-5,9H2,(H,12,13). The highest BCUT2D eigenvalue weighted by atomic mass is 16.4. The predicted molar refractivity (Wildman–Crippen MR) is 47.3 cm³/mol. The number of carboxylic acid groups (broad SMARTS) is 1. The highest BCUT2D eigenvalue weighted by Crippen LogP contribution is 2.08. The quantitative estimate of drug-likeness (QED) is 0.521. The summed E-state index contributed by atoms with van der Waals surface area (Å²) < 4.78 is 0. The largest absolute Gasteiger partial charge is 0.479 e. The molecule has 1 fully saturated rings. The van der Waals surface area contributed by atoms with Crippen LogP contribution >= 0.6 is 0 Å². The van der Waals surface area contributed by atoms with Crippen LogP contribution in [0.25, 0.3) is 0 Å². The second-order valence-corrected chi connectivity index (χ2v) is 3.49. The third-order valence-electron chi connectivity index (χ3n) is 2.35. The lowest BCUT2D eigenvalue weighted by Gasteiger charge is -2.30. The average molecular weight is 188 g/mol. The number of aliphatic carboxylic acids is 1. The van der Waals surface area contributed by atoms with Crippen LogP contribution in [0.15, 0.2) is 0 Å². The van der Waals surface area contributed by atoms with Gasteiger partial charge in [-0.25, -0.2) is 4.79 Å². The van der Waals surface area contributed by atoms with E-state index in [1.807, 2.05) is 4.90 Å². The van der Waals surface area contributed by atoms with Gasteiger partial charge >= 0.3 is 5.97 Å². The first-order valence-corrected chi connectivity index (χ1v) is 4.48. The van der Waals surface area contributed by atoms with Crippen molar-refractivity contribution in [3.05, 3.63) is 0 Å². The highest BCUT2D eigenvalue weighted by molar-refractivity contribution is 5.72. The van der Waals surface area contributed by atoms with Crippen molar-refractivity contribution in [3.8, 4) is 0 Å². The summed E-state index contributed by atoms with van der Waals surface area (Å²) in [5.74, 6) is -1.16. The van der Waals surface area contributed by atoms with Crippen LogP contribution in [0, 0.1) is 0 Å². The van der Waals surface area contributed by atoms with Crippen LogP contribution in [0.3, 0.4) is 0 Å². The van der Waals surface area contributed by atoms with Gasteiger partial charge in [-0.15, -0.1) is 0 Å². The smallest absolute Gasteiger partial charge is 0.333 e. The molecule has 1 rings (SSSR count). The molecule has 0 radical (unpaired) electrons. The molecule has 0 amide bonds. The van der Waals surface area contributed by atoms with E-state index in [0.717, 1.165) is 25.9 Å². The minimum absolute atomic E-state index is 0.210. The number of β-amino-alcohol motifs (C(OH)–C–C–N with tert-alkyl or cyclic N) is 1. The minimum Gasteiger partial charge on any atom is -0.479 e. The third kappa shape index (κ3) is 3.30. The monoisotopic (exact) mass is 188 g/mol. The van der Waals surface area contributed by atoms with E-state index in [1.54, 1.807) is 0 Å². The molecule has 1 atom stereocenters. The van der Waals surface area contributed by atoms with Crippen LogP contribution in [0.5, 0.6) is 0 Å². The van der Waals surface area contributed by atoms with Crippen LogP contribution in [-0.4, -0.2) is 52.9 Å². The van der Waals surface area contributed by atoms with E-state index < -0.39 is 12.1 Å². The number of carbonyl (C=O) groups is 1. The zero-order valence-electron chi connectivity index (χ0n) is 7.52.